The molecular weight excluding hydrogens is 418 g/mol. The van der Waals surface area contributed by atoms with Crippen molar-refractivity contribution >= 4 is 27.6 Å². The Morgan fingerprint density at radius 2 is 2.10 bits per heavy atom. The lowest BCUT2D eigenvalue weighted by Gasteiger charge is -2.14. The number of carbonyl (C=O) groups is 1. The first-order valence-electron chi connectivity index (χ1n) is 10.7. The van der Waals surface area contributed by atoms with Gasteiger partial charge in [0, 0.05) is 35.0 Å². The number of aromatic amines is 1. The van der Waals surface area contributed by atoms with E-state index in [2.05, 4.69) is 25.6 Å². The third kappa shape index (κ3) is 3.78. The second-order valence-corrected chi connectivity index (χ2v) is 10.7. The van der Waals surface area contributed by atoms with E-state index in [0.717, 1.165) is 49.0 Å². The maximum atomic E-state index is 12.5. The monoisotopic (exact) mass is 445 g/mol. The lowest BCUT2D eigenvalue weighted by molar-refractivity contribution is 0.0981. The second-order valence-electron chi connectivity index (χ2n) is 9.04. The van der Waals surface area contributed by atoms with E-state index in [0.29, 0.717) is 10.7 Å². The number of amides is 1. The molecule has 2 aromatic rings. The van der Waals surface area contributed by atoms with E-state index < -0.39 is 15.6 Å². The number of nitrogens with one attached hydrogen (secondary N) is 4. The summed E-state index contributed by atoms with van der Waals surface area (Å²) in [7, 11) is -3.46. The van der Waals surface area contributed by atoms with Gasteiger partial charge in [-0.1, -0.05) is 6.07 Å². The highest BCUT2D eigenvalue weighted by Crippen LogP contribution is 2.55. The summed E-state index contributed by atoms with van der Waals surface area (Å²) in [5, 5.41) is 13.5. The van der Waals surface area contributed by atoms with Crippen LogP contribution in [0.2, 0.25) is 0 Å². The van der Waals surface area contributed by atoms with E-state index in [4.69, 9.17) is 4.74 Å². The van der Waals surface area contributed by atoms with Crippen molar-refractivity contribution in [1.82, 2.24) is 20.2 Å². The standard InChI is InChI=1S/C21H27N5O4S/c1-12(2)22-20(27)30-14-7-6-13(10-14)16-11-18(25-24-16)23-15-4-3-5-17-19(15)21(8-9-21)26-31(17,28)29/h3-5,11-14,26H,6-10H2,1-2H3,(H,22,27)(H2,23,24,25)/t13-,14+/m0/s1. The number of benzene rings is 1. The van der Waals surface area contributed by atoms with E-state index in [9.17, 15) is 13.2 Å². The molecule has 2 fully saturated rings. The molecule has 9 nitrogen and oxygen atoms in total. The maximum absolute atomic E-state index is 12.5. The number of carbonyl (C=O) groups excluding carboxylic acids is 1. The Morgan fingerprint density at radius 1 is 1.29 bits per heavy atom. The Labute approximate surface area is 181 Å². The highest BCUT2D eigenvalue weighted by atomic mass is 32.2. The van der Waals surface area contributed by atoms with Crippen LogP contribution >= 0.6 is 0 Å². The van der Waals surface area contributed by atoms with Crippen LogP contribution < -0.4 is 15.4 Å². The average Bonchev–Trinajstić information content (AvgIpc) is 3.02. The molecule has 2 heterocycles. The van der Waals surface area contributed by atoms with Gasteiger partial charge in [0.05, 0.1) is 10.4 Å². The normalized spacial score (nSPS) is 24.9. The van der Waals surface area contributed by atoms with Crippen LogP contribution in [0.3, 0.4) is 0 Å². The van der Waals surface area contributed by atoms with Gasteiger partial charge in [0.1, 0.15) is 6.10 Å². The summed E-state index contributed by atoms with van der Waals surface area (Å²) >= 11 is 0. The molecule has 0 bridgehead atoms. The molecule has 3 aliphatic rings. The van der Waals surface area contributed by atoms with E-state index in [-0.39, 0.29) is 24.2 Å². The summed E-state index contributed by atoms with van der Waals surface area (Å²) in [5.74, 6) is 0.878. The number of rotatable bonds is 5. The number of alkyl carbamates (subject to hydrolysis) is 1. The molecule has 5 rings (SSSR count). The first-order chi connectivity index (χ1) is 14.8. The third-order valence-corrected chi connectivity index (χ3v) is 7.82. The van der Waals surface area contributed by atoms with E-state index in [1.54, 1.807) is 12.1 Å². The Morgan fingerprint density at radius 3 is 2.84 bits per heavy atom. The van der Waals surface area contributed by atoms with Crippen LogP contribution in [0, 0.1) is 0 Å². The van der Waals surface area contributed by atoms with Crippen molar-refractivity contribution in [3.05, 3.63) is 35.5 Å². The number of aromatic nitrogens is 2. The van der Waals surface area contributed by atoms with Gasteiger partial charge in [-0.05, 0) is 58.1 Å². The maximum Gasteiger partial charge on any atom is 0.407 e. The molecule has 0 saturated heterocycles. The molecule has 1 spiro atoms. The van der Waals surface area contributed by atoms with Crippen molar-refractivity contribution in [2.45, 2.75) is 74.4 Å². The number of hydrogen-bond donors (Lipinski definition) is 4. The number of nitrogens with zero attached hydrogens (tertiary/aromatic N) is 1. The van der Waals surface area contributed by atoms with Crippen LogP contribution in [0.15, 0.2) is 29.2 Å². The largest absolute Gasteiger partial charge is 0.446 e. The number of ether oxygens (including phenoxy) is 1. The average molecular weight is 446 g/mol. The highest BCUT2D eigenvalue weighted by molar-refractivity contribution is 7.90. The van der Waals surface area contributed by atoms with Crippen molar-refractivity contribution in [3.8, 4) is 0 Å². The quantitative estimate of drug-likeness (QED) is 0.560. The summed E-state index contributed by atoms with van der Waals surface area (Å²) < 4.78 is 33.2. The van der Waals surface area contributed by atoms with Gasteiger partial charge < -0.3 is 15.4 Å². The van der Waals surface area contributed by atoms with Gasteiger partial charge in [0.25, 0.3) is 0 Å². The summed E-state index contributed by atoms with van der Waals surface area (Å²) in [6.45, 7) is 3.80. The molecule has 2 atom stereocenters. The van der Waals surface area contributed by atoms with E-state index >= 15 is 0 Å². The van der Waals surface area contributed by atoms with Gasteiger partial charge >= 0.3 is 6.09 Å². The fourth-order valence-corrected chi connectivity index (χ4v) is 6.45. The van der Waals surface area contributed by atoms with Crippen LogP contribution in [0.4, 0.5) is 16.3 Å². The van der Waals surface area contributed by atoms with Crippen molar-refractivity contribution in [1.29, 1.82) is 0 Å². The number of hydrogen-bond acceptors (Lipinski definition) is 6. The molecular formula is C21H27N5O4S. The van der Waals surface area contributed by atoms with Crippen molar-refractivity contribution in [2.24, 2.45) is 0 Å². The van der Waals surface area contributed by atoms with Crippen molar-refractivity contribution in [2.75, 3.05) is 5.32 Å². The Hall–Kier alpha value is -2.59. The molecule has 166 valence electrons. The van der Waals surface area contributed by atoms with Crippen LogP contribution in [0.25, 0.3) is 0 Å². The number of fused-ring (bicyclic) bond motifs is 2. The first kappa shape index (κ1) is 20.3. The molecule has 0 unspecified atom stereocenters. The van der Waals surface area contributed by atoms with Crippen LogP contribution in [0.1, 0.15) is 63.1 Å². The number of H-pyrrole nitrogens is 1. The smallest absolute Gasteiger partial charge is 0.407 e. The fraction of sp³-hybridized carbons (Fsp3) is 0.524. The molecule has 1 amide bonds. The van der Waals surface area contributed by atoms with Gasteiger partial charge in [-0.3, -0.25) is 5.10 Å². The van der Waals surface area contributed by atoms with Crippen molar-refractivity contribution in [3.63, 3.8) is 0 Å². The minimum Gasteiger partial charge on any atom is -0.446 e. The lowest BCUT2D eigenvalue weighted by atomic mass is 10.0. The number of anilines is 2. The van der Waals surface area contributed by atoms with Gasteiger partial charge in [0.2, 0.25) is 10.0 Å². The first-order valence-corrected chi connectivity index (χ1v) is 12.2. The molecule has 1 aliphatic heterocycles. The fourth-order valence-electron chi connectivity index (χ4n) is 4.69. The molecule has 0 radical (unpaired) electrons. The topological polar surface area (TPSA) is 125 Å². The summed E-state index contributed by atoms with van der Waals surface area (Å²) in [6.07, 6.45) is 3.60. The van der Waals surface area contributed by atoms with Crippen molar-refractivity contribution < 1.29 is 17.9 Å². The Bertz CT molecular complexity index is 1120. The SMILES string of the molecule is CC(C)NC(=O)O[C@@H]1CC[C@H](c2cc(Nc3cccc4c3C3(CC3)NS4(=O)=O)n[nH]2)C1. The zero-order chi connectivity index (χ0) is 21.8. The van der Waals surface area contributed by atoms with Gasteiger partial charge in [-0.2, -0.15) is 5.10 Å². The Balaban J connectivity index is 1.28. The summed E-state index contributed by atoms with van der Waals surface area (Å²) in [6, 6.07) is 7.29. The van der Waals surface area contributed by atoms with Gasteiger partial charge in [-0.25, -0.2) is 17.9 Å². The summed E-state index contributed by atoms with van der Waals surface area (Å²) in [5.41, 5.74) is 2.09. The zero-order valence-corrected chi connectivity index (χ0v) is 18.4. The third-order valence-electron chi connectivity index (χ3n) is 6.24. The molecule has 2 aliphatic carbocycles. The predicted octanol–water partition coefficient (Wildman–Crippen LogP) is 3.21. The highest BCUT2D eigenvalue weighted by Gasteiger charge is 2.56. The van der Waals surface area contributed by atoms with E-state index in [1.165, 1.54) is 0 Å². The molecule has 1 aromatic carbocycles. The number of sulfonamides is 1. The van der Waals surface area contributed by atoms with Crippen LogP contribution in [0.5, 0.6) is 0 Å². The zero-order valence-electron chi connectivity index (χ0n) is 17.6. The van der Waals surface area contributed by atoms with Crippen LogP contribution in [-0.2, 0) is 20.3 Å². The summed E-state index contributed by atoms with van der Waals surface area (Å²) in [4.78, 5) is 12.2. The molecule has 2 saturated carbocycles. The van der Waals surface area contributed by atoms with Gasteiger partial charge in [0.15, 0.2) is 5.82 Å². The minimum atomic E-state index is -3.46. The van der Waals surface area contributed by atoms with E-state index in [1.807, 2.05) is 26.0 Å². The molecule has 10 heteroatoms. The minimum absolute atomic E-state index is 0.0466. The van der Waals surface area contributed by atoms with Crippen LogP contribution in [-0.4, -0.2) is 36.9 Å². The second kappa shape index (κ2) is 7.23. The Kier molecular flexibility index (Phi) is 4.74. The molecule has 1 aromatic heterocycles. The molecule has 31 heavy (non-hydrogen) atoms. The lowest BCUT2D eigenvalue weighted by Crippen LogP contribution is -2.33. The van der Waals surface area contributed by atoms with Gasteiger partial charge in [-0.15, -0.1) is 0 Å². The molecule has 4 N–H and O–H groups in total. The predicted molar refractivity (Wildman–Crippen MR) is 115 cm³/mol.